The van der Waals surface area contributed by atoms with Gasteiger partial charge in [-0.2, -0.15) is 0 Å². The number of carbonyl (C=O) groups is 1. The summed E-state index contributed by atoms with van der Waals surface area (Å²) in [6.45, 7) is 0. The van der Waals surface area contributed by atoms with Crippen LogP contribution in [-0.4, -0.2) is 20.6 Å². The normalized spacial score (nSPS) is 10.7. The molecule has 72 valence electrons. The predicted molar refractivity (Wildman–Crippen MR) is 47.6 cm³/mol. The van der Waals surface area contributed by atoms with Gasteiger partial charge in [-0.25, -0.2) is 14.2 Å². The molecule has 0 atom stereocenters. The number of hydrogen-bond acceptors (Lipinski definition) is 2. The zero-order valence-electron chi connectivity index (χ0n) is 7.36. The van der Waals surface area contributed by atoms with Gasteiger partial charge in [0.05, 0.1) is 11.8 Å². The minimum absolute atomic E-state index is 0.0644. The number of aromatic nitrogens is 2. The molecule has 0 bridgehead atoms. The van der Waals surface area contributed by atoms with E-state index < -0.39 is 11.8 Å². The van der Waals surface area contributed by atoms with Gasteiger partial charge >= 0.3 is 5.97 Å². The van der Waals surface area contributed by atoms with Crippen LogP contribution in [0.25, 0.3) is 11.0 Å². The van der Waals surface area contributed by atoms with Crippen molar-refractivity contribution < 1.29 is 14.3 Å². The molecule has 0 radical (unpaired) electrons. The number of fused-ring (bicyclic) bond motifs is 1. The van der Waals surface area contributed by atoms with Gasteiger partial charge in [0.1, 0.15) is 11.5 Å². The molecular formula is C9H7FN2O2. The molecule has 2 rings (SSSR count). The number of pyridine rings is 1. The summed E-state index contributed by atoms with van der Waals surface area (Å²) in [5.74, 6) is -1.62. The summed E-state index contributed by atoms with van der Waals surface area (Å²) in [6, 6.07) is 1.17. The summed E-state index contributed by atoms with van der Waals surface area (Å²) in [6.07, 6.45) is 2.48. The lowest BCUT2D eigenvalue weighted by Gasteiger charge is -1.93. The van der Waals surface area contributed by atoms with Gasteiger partial charge in [0.2, 0.25) is 0 Å². The molecule has 0 spiro atoms. The minimum atomic E-state index is -1.08. The Morgan fingerprint density at radius 2 is 2.36 bits per heavy atom. The summed E-state index contributed by atoms with van der Waals surface area (Å²) >= 11 is 0. The van der Waals surface area contributed by atoms with Crippen molar-refractivity contribution in [3.8, 4) is 0 Å². The predicted octanol–water partition coefficient (Wildman–Crippen LogP) is 1.41. The third-order valence-electron chi connectivity index (χ3n) is 2.01. The van der Waals surface area contributed by atoms with E-state index in [1.165, 1.54) is 12.3 Å². The fraction of sp³-hybridized carbons (Fsp3) is 0.111. The number of carboxylic acid groups (broad SMARTS) is 1. The van der Waals surface area contributed by atoms with Gasteiger partial charge < -0.3 is 9.67 Å². The number of carboxylic acids is 1. The topological polar surface area (TPSA) is 55.1 Å². The van der Waals surface area contributed by atoms with Crippen molar-refractivity contribution in [3.63, 3.8) is 0 Å². The van der Waals surface area contributed by atoms with E-state index in [9.17, 15) is 9.18 Å². The summed E-state index contributed by atoms with van der Waals surface area (Å²) < 4.78 is 14.4. The smallest absolute Gasteiger partial charge is 0.337 e. The summed E-state index contributed by atoms with van der Waals surface area (Å²) in [7, 11) is 1.67. The molecule has 0 unspecified atom stereocenters. The van der Waals surface area contributed by atoms with Crippen LogP contribution in [0.4, 0.5) is 4.39 Å². The van der Waals surface area contributed by atoms with Gasteiger partial charge in [-0.1, -0.05) is 0 Å². The highest BCUT2D eigenvalue weighted by atomic mass is 19.1. The van der Waals surface area contributed by atoms with Crippen molar-refractivity contribution in [1.82, 2.24) is 9.55 Å². The average Bonchev–Trinajstić information content (AvgIpc) is 2.43. The Morgan fingerprint density at radius 3 is 3.00 bits per heavy atom. The average molecular weight is 194 g/mol. The van der Waals surface area contributed by atoms with Crippen LogP contribution in [0.2, 0.25) is 0 Å². The monoisotopic (exact) mass is 194 g/mol. The number of halogens is 1. The molecule has 0 aliphatic rings. The molecule has 0 aliphatic heterocycles. The first-order valence-corrected chi connectivity index (χ1v) is 3.93. The Hall–Kier alpha value is -1.91. The number of rotatable bonds is 1. The van der Waals surface area contributed by atoms with E-state index in [-0.39, 0.29) is 5.56 Å². The van der Waals surface area contributed by atoms with Crippen molar-refractivity contribution in [2.45, 2.75) is 0 Å². The maximum absolute atomic E-state index is 12.8. The van der Waals surface area contributed by atoms with Gasteiger partial charge in [-0.15, -0.1) is 0 Å². The van der Waals surface area contributed by atoms with Crippen LogP contribution in [-0.2, 0) is 7.05 Å². The molecule has 0 saturated heterocycles. The molecule has 0 saturated carbocycles. The quantitative estimate of drug-likeness (QED) is 0.746. The highest BCUT2D eigenvalue weighted by molar-refractivity contribution is 6.02. The third kappa shape index (κ3) is 1.14. The van der Waals surface area contributed by atoms with Crippen molar-refractivity contribution in [2.75, 3.05) is 0 Å². The first kappa shape index (κ1) is 8.68. The van der Waals surface area contributed by atoms with Gasteiger partial charge in [0.25, 0.3) is 0 Å². The largest absolute Gasteiger partial charge is 0.478 e. The highest BCUT2D eigenvalue weighted by Crippen LogP contribution is 2.19. The standard InChI is InChI=1S/C9H7FN2O2/c1-12-4-7(9(13)14)6-2-5(10)3-11-8(6)12/h2-4H,1H3,(H,13,14). The second-order valence-electron chi connectivity index (χ2n) is 2.98. The van der Waals surface area contributed by atoms with Gasteiger partial charge in [-0.3, -0.25) is 0 Å². The van der Waals surface area contributed by atoms with Crippen molar-refractivity contribution in [1.29, 1.82) is 0 Å². The molecule has 4 nitrogen and oxygen atoms in total. The number of aryl methyl sites for hydroxylation is 1. The first-order chi connectivity index (χ1) is 6.59. The fourth-order valence-electron chi connectivity index (χ4n) is 1.41. The van der Waals surface area contributed by atoms with E-state index in [1.807, 2.05) is 0 Å². The van der Waals surface area contributed by atoms with E-state index in [2.05, 4.69) is 4.98 Å². The number of hydrogen-bond donors (Lipinski definition) is 1. The van der Waals surface area contributed by atoms with E-state index >= 15 is 0 Å². The molecule has 2 aromatic rings. The van der Waals surface area contributed by atoms with Crippen LogP contribution in [0.1, 0.15) is 10.4 Å². The summed E-state index contributed by atoms with van der Waals surface area (Å²) in [4.78, 5) is 14.6. The Balaban J connectivity index is 2.85. The molecule has 0 aliphatic carbocycles. The first-order valence-electron chi connectivity index (χ1n) is 3.93. The Morgan fingerprint density at radius 1 is 1.64 bits per heavy atom. The Bertz CT molecular complexity index is 519. The van der Waals surface area contributed by atoms with Crippen LogP contribution in [0, 0.1) is 5.82 Å². The molecule has 14 heavy (non-hydrogen) atoms. The zero-order valence-corrected chi connectivity index (χ0v) is 7.36. The molecule has 0 aromatic carbocycles. The molecule has 1 N–H and O–H groups in total. The van der Waals surface area contributed by atoms with Crippen LogP contribution in [0.3, 0.4) is 0 Å². The fourth-order valence-corrected chi connectivity index (χ4v) is 1.41. The second-order valence-corrected chi connectivity index (χ2v) is 2.98. The van der Waals surface area contributed by atoms with Crippen LogP contribution in [0.5, 0.6) is 0 Å². The van der Waals surface area contributed by atoms with E-state index in [4.69, 9.17) is 5.11 Å². The van der Waals surface area contributed by atoms with Crippen LogP contribution < -0.4 is 0 Å². The Kier molecular flexibility index (Phi) is 1.73. The van der Waals surface area contributed by atoms with Crippen molar-refractivity contribution >= 4 is 17.0 Å². The van der Waals surface area contributed by atoms with Gasteiger partial charge in [0, 0.05) is 18.6 Å². The van der Waals surface area contributed by atoms with Crippen LogP contribution >= 0.6 is 0 Å². The SMILES string of the molecule is Cn1cc(C(=O)O)c2cc(F)cnc21. The van der Waals surface area contributed by atoms with Gasteiger partial charge in [-0.05, 0) is 6.07 Å². The maximum atomic E-state index is 12.8. The summed E-state index contributed by atoms with van der Waals surface area (Å²) in [5, 5.41) is 9.14. The molecule has 2 heterocycles. The molecule has 0 fully saturated rings. The third-order valence-corrected chi connectivity index (χ3v) is 2.01. The maximum Gasteiger partial charge on any atom is 0.337 e. The second kappa shape index (κ2) is 2.80. The van der Waals surface area contributed by atoms with E-state index in [0.717, 1.165) is 6.20 Å². The lowest BCUT2D eigenvalue weighted by molar-refractivity contribution is 0.0699. The molecular weight excluding hydrogens is 187 g/mol. The zero-order chi connectivity index (χ0) is 10.3. The lowest BCUT2D eigenvalue weighted by atomic mass is 10.2. The molecule has 2 aromatic heterocycles. The number of nitrogens with zero attached hydrogens (tertiary/aromatic N) is 2. The minimum Gasteiger partial charge on any atom is -0.478 e. The van der Waals surface area contributed by atoms with Crippen LogP contribution in [0.15, 0.2) is 18.5 Å². The van der Waals surface area contributed by atoms with Crippen molar-refractivity contribution in [3.05, 3.63) is 29.8 Å². The molecule has 0 amide bonds. The molecule has 5 heteroatoms. The van der Waals surface area contributed by atoms with E-state index in [0.29, 0.717) is 11.0 Å². The van der Waals surface area contributed by atoms with Gasteiger partial charge in [0.15, 0.2) is 0 Å². The lowest BCUT2D eigenvalue weighted by Crippen LogP contribution is -1.94. The number of aromatic carboxylic acids is 1. The summed E-state index contributed by atoms with van der Waals surface area (Å²) in [5.41, 5.74) is 0.526. The Labute approximate surface area is 78.6 Å². The van der Waals surface area contributed by atoms with Crippen molar-refractivity contribution in [2.24, 2.45) is 7.05 Å². The van der Waals surface area contributed by atoms with E-state index in [1.54, 1.807) is 11.6 Å². The highest BCUT2D eigenvalue weighted by Gasteiger charge is 2.13.